The number of allylic oxidation sites excluding steroid dienone is 6. The number of carbonyl (C=O) groups is 4. The number of hydrogen-bond acceptors (Lipinski definition) is 4. The topological polar surface area (TPSA) is 68.3 Å². The molecule has 1 aromatic rings. The average molecular weight is 503 g/mol. The molecule has 4 heteroatoms. The molecule has 2 unspecified atom stereocenters. The van der Waals surface area contributed by atoms with Crippen LogP contribution in [0.2, 0.25) is 0 Å². The second kappa shape index (κ2) is 10.5. The van der Waals surface area contributed by atoms with E-state index in [1.807, 2.05) is 73.6 Å². The number of Topliss-reactive ketones (excluding diaryl/α,β-unsaturated/α-hetero) is 4. The van der Waals surface area contributed by atoms with Crippen molar-refractivity contribution in [1.82, 2.24) is 0 Å². The minimum atomic E-state index is -1.92. The zero-order valence-electron chi connectivity index (χ0n) is 23.7. The van der Waals surface area contributed by atoms with Crippen LogP contribution >= 0.6 is 0 Å². The molecular weight excluding hydrogens is 460 g/mol. The van der Waals surface area contributed by atoms with Gasteiger partial charge in [-0.3, -0.25) is 19.2 Å². The number of ketones is 4. The Bertz CT molecular complexity index is 1180. The molecule has 2 aliphatic rings. The minimum absolute atomic E-state index is 0.198. The molecule has 0 spiro atoms. The lowest BCUT2D eigenvalue weighted by molar-refractivity contribution is -0.178. The van der Waals surface area contributed by atoms with Gasteiger partial charge in [-0.1, -0.05) is 79.1 Å². The normalized spacial score (nSPS) is 28.4. The van der Waals surface area contributed by atoms with Gasteiger partial charge < -0.3 is 0 Å². The second-order valence-corrected chi connectivity index (χ2v) is 12.3. The van der Waals surface area contributed by atoms with Gasteiger partial charge in [-0.15, -0.1) is 0 Å². The molecule has 198 valence electrons. The summed E-state index contributed by atoms with van der Waals surface area (Å²) in [6.07, 6.45) is 7.28. The first kappa shape index (κ1) is 28.7. The van der Waals surface area contributed by atoms with Crippen LogP contribution in [0.25, 0.3) is 0 Å². The maximum Gasteiger partial charge on any atom is 0.184 e. The number of hydrogen-bond donors (Lipinski definition) is 0. The molecule has 4 atom stereocenters. The first-order chi connectivity index (χ1) is 17.2. The maximum absolute atomic E-state index is 14.8. The van der Waals surface area contributed by atoms with E-state index in [1.54, 1.807) is 24.3 Å². The van der Waals surface area contributed by atoms with Crippen LogP contribution in [0.3, 0.4) is 0 Å². The number of fused-ring (bicyclic) bond motifs is 2. The predicted molar refractivity (Wildman–Crippen MR) is 148 cm³/mol. The van der Waals surface area contributed by atoms with Crippen molar-refractivity contribution in [3.05, 3.63) is 70.8 Å². The van der Waals surface area contributed by atoms with E-state index in [0.717, 1.165) is 16.7 Å². The average Bonchev–Trinajstić information content (AvgIpc) is 2.82. The second-order valence-electron chi connectivity index (χ2n) is 12.3. The van der Waals surface area contributed by atoms with E-state index >= 15 is 0 Å². The lowest BCUT2D eigenvalue weighted by atomic mass is 9.37. The summed E-state index contributed by atoms with van der Waals surface area (Å²) in [5.41, 5.74) is -0.839. The van der Waals surface area contributed by atoms with E-state index in [9.17, 15) is 19.2 Å². The Kier molecular flexibility index (Phi) is 8.12. The van der Waals surface area contributed by atoms with Crippen LogP contribution in [-0.2, 0) is 14.4 Å². The van der Waals surface area contributed by atoms with Crippen molar-refractivity contribution in [3.63, 3.8) is 0 Å². The third kappa shape index (κ3) is 4.64. The number of benzene rings is 1. The molecule has 0 radical (unpaired) electrons. The van der Waals surface area contributed by atoms with Gasteiger partial charge in [0.2, 0.25) is 0 Å². The molecule has 3 rings (SSSR count). The van der Waals surface area contributed by atoms with E-state index in [2.05, 4.69) is 6.08 Å². The van der Waals surface area contributed by atoms with Crippen molar-refractivity contribution < 1.29 is 19.2 Å². The summed E-state index contributed by atoms with van der Waals surface area (Å²) in [6.45, 7) is 15.5. The van der Waals surface area contributed by atoms with Crippen molar-refractivity contribution in [2.75, 3.05) is 0 Å². The highest BCUT2D eigenvalue weighted by molar-refractivity contribution is 6.40. The summed E-state index contributed by atoms with van der Waals surface area (Å²) in [7, 11) is 0. The molecule has 37 heavy (non-hydrogen) atoms. The highest BCUT2D eigenvalue weighted by atomic mass is 16.2. The largest absolute Gasteiger partial charge is 0.298 e. The summed E-state index contributed by atoms with van der Waals surface area (Å²) < 4.78 is 0. The van der Waals surface area contributed by atoms with Gasteiger partial charge in [0.25, 0.3) is 0 Å². The Hall–Kier alpha value is -2.88. The first-order valence-corrected chi connectivity index (χ1v) is 13.4. The van der Waals surface area contributed by atoms with Gasteiger partial charge >= 0.3 is 0 Å². The van der Waals surface area contributed by atoms with Crippen molar-refractivity contribution in [2.45, 2.75) is 81.1 Å². The Balaban J connectivity index is 2.40. The van der Waals surface area contributed by atoms with E-state index in [0.29, 0.717) is 18.4 Å². The van der Waals surface area contributed by atoms with Crippen molar-refractivity contribution in [3.8, 4) is 0 Å². The molecule has 0 N–H and O–H groups in total. The van der Waals surface area contributed by atoms with E-state index in [4.69, 9.17) is 0 Å². The highest BCUT2D eigenvalue weighted by Gasteiger charge is 2.77. The van der Waals surface area contributed by atoms with Crippen molar-refractivity contribution >= 4 is 23.1 Å². The number of rotatable bonds is 8. The predicted octanol–water partition coefficient (Wildman–Crippen LogP) is 7.29. The third-order valence-electron chi connectivity index (χ3n) is 8.64. The highest BCUT2D eigenvalue weighted by Crippen LogP contribution is 2.65. The van der Waals surface area contributed by atoms with Gasteiger partial charge in [0.05, 0.1) is 11.3 Å². The summed E-state index contributed by atoms with van der Waals surface area (Å²) in [6, 6.07) is 8.66. The van der Waals surface area contributed by atoms with Crippen LogP contribution in [0.5, 0.6) is 0 Å². The van der Waals surface area contributed by atoms with Crippen LogP contribution in [0.4, 0.5) is 0 Å². The van der Waals surface area contributed by atoms with Crippen LogP contribution in [0.1, 0.15) is 91.4 Å². The molecule has 0 aliphatic heterocycles. The Morgan fingerprint density at radius 3 is 1.89 bits per heavy atom. The molecule has 2 aliphatic carbocycles. The van der Waals surface area contributed by atoms with E-state index in [1.165, 1.54) is 0 Å². The lowest BCUT2D eigenvalue weighted by Crippen LogP contribution is -2.73. The van der Waals surface area contributed by atoms with Gasteiger partial charge in [0.1, 0.15) is 0 Å². The Morgan fingerprint density at radius 1 is 0.811 bits per heavy atom. The van der Waals surface area contributed by atoms with E-state index < -0.39 is 39.5 Å². The standard InChI is InChI=1S/C33H42O4/c1-21(2)14-16-25-20-32(19-18-23(5)6)28(35)26(17-15-22(3)4)29(36)33(30(32)37,31(25,7)8)27(34)24-12-10-9-11-13-24/h9-15,18,25-26H,16-17,19-20H2,1-8H3/t25?,26?,32-,33+/m0/s1. The minimum Gasteiger partial charge on any atom is -0.298 e. The van der Waals surface area contributed by atoms with Gasteiger partial charge in [-0.2, -0.15) is 0 Å². The summed E-state index contributed by atoms with van der Waals surface area (Å²) >= 11 is 0. The molecule has 2 fully saturated rings. The van der Waals surface area contributed by atoms with E-state index in [-0.39, 0.29) is 24.5 Å². The summed E-state index contributed by atoms with van der Waals surface area (Å²) in [5, 5.41) is 0. The van der Waals surface area contributed by atoms with Crippen LogP contribution in [-0.4, -0.2) is 23.1 Å². The maximum atomic E-state index is 14.8. The first-order valence-electron chi connectivity index (χ1n) is 13.4. The zero-order valence-corrected chi connectivity index (χ0v) is 23.7. The fraction of sp³-hybridized carbons (Fsp3) is 0.515. The summed E-state index contributed by atoms with van der Waals surface area (Å²) in [4.78, 5) is 58.1. The SMILES string of the molecule is CC(C)=CCC1C(=O)[C@]2(CC=C(C)C)CC(CC=C(C)C)C(C)(C)[C@](C(=O)c3ccccc3)(C1=O)C2=O. The van der Waals surface area contributed by atoms with Gasteiger partial charge in [0.15, 0.2) is 28.5 Å². The lowest BCUT2D eigenvalue weighted by Gasteiger charge is -2.60. The number of carbonyl (C=O) groups excluding carboxylic acids is 4. The molecule has 4 nitrogen and oxygen atoms in total. The molecular formula is C33H42O4. The fourth-order valence-electron chi connectivity index (χ4n) is 6.37. The monoisotopic (exact) mass is 502 g/mol. The molecule has 0 saturated heterocycles. The molecule has 0 aromatic heterocycles. The summed E-state index contributed by atoms with van der Waals surface area (Å²) in [5.74, 6) is -3.01. The molecule has 1 aromatic carbocycles. The molecule has 2 bridgehead atoms. The third-order valence-corrected chi connectivity index (χ3v) is 8.64. The Labute approximate surface area is 222 Å². The Morgan fingerprint density at radius 2 is 1.35 bits per heavy atom. The van der Waals surface area contributed by atoms with Crippen LogP contribution in [0, 0.1) is 28.1 Å². The van der Waals surface area contributed by atoms with Crippen molar-refractivity contribution in [1.29, 1.82) is 0 Å². The van der Waals surface area contributed by atoms with Crippen LogP contribution in [0.15, 0.2) is 65.3 Å². The van der Waals surface area contributed by atoms with Gasteiger partial charge in [0, 0.05) is 5.56 Å². The molecule has 2 saturated carbocycles. The fourth-order valence-corrected chi connectivity index (χ4v) is 6.37. The van der Waals surface area contributed by atoms with Gasteiger partial charge in [-0.25, -0.2) is 0 Å². The molecule has 0 heterocycles. The van der Waals surface area contributed by atoms with Crippen molar-refractivity contribution in [2.24, 2.45) is 28.1 Å². The quantitative estimate of drug-likeness (QED) is 0.213. The van der Waals surface area contributed by atoms with Crippen LogP contribution < -0.4 is 0 Å². The smallest absolute Gasteiger partial charge is 0.184 e. The van der Waals surface area contributed by atoms with Gasteiger partial charge in [-0.05, 0) is 78.6 Å². The zero-order chi connectivity index (χ0) is 27.8. The molecule has 0 amide bonds.